The van der Waals surface area contributed by atoms with Crippen LogP contribution in [0, 0.1) is 19.8 Å². The lowest BCUT2D eigenvalue weighted by Gasteiger charge is -2.12. The summed E-state index contributed by atoms with van der Waals surface area (Å²) in [6.45, 7) is 5.13. The standard InChI is InChI=1S/C14H17FN2O2/c1-8-6-12(19-7-9(2)18)16-10(3)13(8)14(17-15)11-4-5-11/h6,11H,4-5,7H2,1-3H3/b17-14-. The monoisotopic (exact) mass is 264 g/mol. The fourth-order valence-corrected chi connectivity index (χ4v) is 2.11. The molecule has 0 radical (unpaired) electrons. The number of ketones is 1. The van der Waals surface area contributed by atoms with Gasteiger partial charge in [-0.25, -0.2) is 4.98 Å². The Morgan fingerprint density at radius 1 is 1.53 bits per heavy atom. The Bertz CT molecular complexity index is 513. The zero-order valence-corrected chi connectivity index (χ0v) is 11.4. The molecule has 0 aromatic carbocycles. The highest BCUT2D eigenvalue weighted by Gasteiger charge is 2.31. The predicted molar refractivity (Wildman–Crippen MR) is 70.3 cm³/mol. The molecular weight excluding hydrogens is 247 g/mol. The number of pyridine rings is 1. The van der Waals surface area contributed by atoms with E-state index >= 15 is 0 Å². The lowest BCUT2D eigenvalue weighted by molar-refractivity contribution is -0.119. The van der Waals surface area contributed by atoms with Crippen LogP contribution in [0.1, 0.15) is 36.6 Å². The van der Waals surface area contributed by atoms with E-state index in [-0.39, 0.29) is 18.3 Å². The maximum Gasteiger partial charge on any atom is 0.214 e. The molecule has 4 nitrogen and oxygen atoms in total. The number of rotatable bonds is 5. The molecule has 19 heavy (non-hydrogen) atoms. The summed E-state index contributed by atoms with van der Waals surface area (Å²) in [6, 6.07) is 1.72. The molecule has 0 aliphatic heterocycles. The van der Waals surface area contributed by atoms with Crippen molar-refractivity contribution in [1.29, 1.82) is 0 Å². The zero-order valence-electron chi connectivity index (χ0n) is 11.4. The Hall–Kier alpha value is -1.78. The van der Waals surface area contributed by atoms with E-state index in [0.29, 0.717) is 17.3 Å². The molecule has 1 saturated carbocycles. The van der Waals surface area contributed by atoms with Crippen molar-refractivity contribution in [3.63, 3.8) is 0 Å². The Morgan fingerprint density at radius 3 is 2.68 bits per heavy atom. The number of hydrogen-bond donors (Lipinski definition) is 0. The van der Waals surface area contributed by atoms with E-state index in [1.54, 1.807) is 13.0 Å². The quantitative estimate of drug-likeness (QED) is 0.768. The van der Waals surface area contributed by atoms with Crippen molar-refractivity contribution in [1.82, 2.24) is 4.98 Å². The van der Waals surface area contributed by atoms with Crippen LogP contribution in [0.3, 0.4) is 0 Å². The highest BCUT2D eigenvalue weighted by atomic mass is 19.2. The van der Waals surface area contributed by atoms with Gasteiger partial charge in [-0.1, -0.05) is 9.70 Å². The molecule has 1 aromatic heterocycles. The van der Waals surface area contributed by atoms with Gasteiger partial charge in [0, 0.05) is 17.5 Å². The second kappa shape index (κ2) is 5.47. The lowest BCUT2D eigenvalue weighted by Crippen LogP contribution is -2.12. The Balaban J connectivity index is 2.28. The number of Topliss-reactive ketones (excluding diaryl/α,β-unsaturated/α-hetero) is 1. The normalized spacial score (nSPS) is 15.5. The van der Waals surface area contributed by atoms with Gasteiger partial charge in [0.1, 0.15) is 6.61 Å². The first-order valence-electron chi connectivity index (χ1n) is 6.32. The molecule has 0 N–H and O–H groups in total. The highest BCUT2D eigenvalue weighted by molar-refractivity contribution is 6.05. The molecule has 1 aliphatic rings. The Morgan fingerprint density at radius 2 is 2.21 bits per heavy atom. The molecule has 0 amide bonds. The van der Waals surface area contributed by atoms with Gasteiger partial charge in [0.05, 0.1) is 11.4 Å². The van der Waals surface area contributed by atoms with E-state index in [1.165, 1.54) is 6.92 Å². The first-order valence-corrected chi connectivity index (χ1v) is 6.32. The minimum atomic E-state index is -0.0647. The SMILES string of the molecule is CC(=O)COc1cc(C)c(/C(=N\F)C2CC2)c(C)n1. The zero-order chi connectivity index (χ0) is 14.0. The van der Waals surface area contributed by atoms with Gasteiger partial charge in [0.15, 0.2) is 5.78 Å². The van der Waals surface area contributed by atoms with Gasteiger partial charge in [-0.15, -0.1) is 0 Å². The van der Waals surface area contributed by atoms with Gasteiger partial charge in [-0.05, 0) is 39.2 Å². The molecule has 0 spiro atoms. The second-order valence-corrected chi connectivity index (χ2v) is 4.97. The molecule has 1 heterocycles. The van der Waals surface area contributed by atoms with Gasteiger partial charge in [0.2, 0.25) is 5.88 Å². The lowest BCUT2D eigenvalue weighted by atomic mass is 10.00. The number of ether oxygens (including phenoxy) is 1. The number of aromatic nitrogens is 1. The van der Waals surface area contributed by atoms with E-state index < -0.39 is 0 Å². The van der Waals surface area contributed by atoms with Crippen LogP contribution in [-0.2, 0) is 4.79 Å². The first-order chi connectivity index (χ1) is 9.02. The molecular formula is C14H17FN2O2. The van der Waals surface area contributed by atoms with E-state index in [4.69, 9.17) is 4.74 Å². The van der Waals surface area contributed by atoms with Crippen LogP contribution in [0.25, 0.3) is 0 Å². The summed E-state index contributed by atoms with van der Waals surface area (Å²) in [6.07, 6.45) is 1.95. The van der Waals surface area contributed by atoms with Crippen LogP contribution in [0.15, 0.2) is 11.3 Å². The fourth-order valence-electron chi connectivity index (χ4n) is 2.11. The number of nitrogens with zero attached hydrogens (tertiary/aromatic N) is 2. The van der Waals surface area contributed by atoms with Crippen molar-refractivity contribution >= 4 is 11.5 Å². The smallest absolute Gasteiger partial charge is 0.214 e. The third kappa shape index (κ3) is 3.16. The van der Waals surface area contributed by atoms with Crippen molar-refractivity contribution in [3.8, 4) is 5.88 Å². The summed E-state index contributed by atoms with van der Waals surface area (Å²) in [7, 11) is 0. The van der Waals surface area contributed by atoms with Crippen molar-refractivity contribution in [2.75, 3.05) is 6.61 Å². The average molecular weight is 264 g/mol. The number of carbonyl (C=O) groups excluding carboxylic acids is 1. The minimum absolute atomic E-state index is 0.00207. The second-order valence-electron chi connectivity index (χ2n) is 4.97. The van der Waals surface area contributed by atoms with Crippen LogP contribution in [0.4, 0.5) is 4.48 Å². The molecule has 102 valence electrons. The van der Waals surface area contributed by atoms with Crippen LogP contribution < -0.4 is 4.74 Å². The summed E-state index contributed by atoms with van der Waals surface area (Å²) in [5, 5.41) is 2.93. The van der Waals surface area contributed by atoms with Crippen molar-refractivity contribution in [3.05, 3.63) is 22.9 Å². The first kappa shape index (κ1) is 13.6. The van der Waals surface area contributed by atoms with E-state index in [9.17, 15) is 9.28 Å². The Labute approximate surface area is 111 Å². The highest BCUT2D eigenvalue weighted by Crippen LogP contribution is 2.35. The molecule has 5 heteroatoms. The molecule has 2 rings (SSSR count). The van der Waals surface area contributed by atoms with E-state index in [0.717, 1.165) is 24.0 Å². The van der Waals surface area contributed by atoms with Gasteiger partial charge < -0.3 is 4.74 Å². The van der Waals surface area contributed by atoms with Crippen molar-refractivity contribution < 1.29 is 14.0 Å². The summed E-state index contributed by atoms with van der Waals surface area (Å²) in [5.74, 6) is 0.543. The van der Waals surface area contributed by atoms with Crippen molar-refractivity contribution in [2.24, 2.45) is 11.1 Å². The maximum atomic E-state index is 12.8. The minimum Gasteiger partial charge on any atom is -0.470 e. The van der Waals surface area contributed by atoms with Crippen LogP contribution in [-0.4, -0.2) is 23.1 Å². The summed E-state index contributed by atoms with van der Waals surface area (Å²) >= 11 is 0. The molecule has 0 saturated heterocycles. The average Bonchev–Trinajstić information content (AvgIpc) is 3.15. The van der Waals surface area contributed by atoms with E-state index in [1.807, 2.05) is 6.92 Å². The van der Waals surface area contributed by atoms with Crippen LogP contribution in [0.5, 0.6) is 5.88 Å². The van der Waals surface area contributed by atoms with E-state index in [2.05, 4.69) is 10.2 Å². The summed E-state index contributed by atoms with van der Waals surface area (Å²) < 4.78 is 18.1. The largest absolute Gasteiger partial charge is 0.470 e. The number of carbonyl (C=O) groups is 1. The van der Waals surface area contributed by atoms with Gasteiger partial charge in [-0.2, -0.15) is 0 Å². The fraction of sp³-hybridized carbons (Fsp3) is 0.500. The molecule has 1 aliphatic carbocycles. The molecule has 0 unspecified atom stereocenters. The molecule has 1 aromatic rings. The van der Waals surface area contributed by atoms with Crippen LogP contribution >= 0.6 is 0 Å². The molecule has 0 bridgehead atoms. The summed E-state index contributed by atoms with van der Waals surface area (Å²) in [4.78, 5) is 15.1. The van der Waals surface area contributed by atoms with Gasteiger partial charge >= 0.3 is 0 Å². The predicted octanol–water partition coefficient (Wildman–Crippen LogP) is 2.75. The Kier molecular flexibility index (Phi) is 3.93. The maximum absolute atomic E-state index is 12.8. The summed E-state index contributed by atoms with van der Waals surface area (Å²) in [5.41, 5.74) is 2.80. The third-order valence-electron chi connectivity index (χ3n) is 3.11. The molecule has 1 fully saturated rings. The van der Waals surface area contributed by atoms with Crippen LogP contribution in [0.2, 0.25) is 0 Å². The topological polar surface area (TPSA) is 51.5 Å². The van der Waals surface area contributed by atoms with Gasteiger partial charge in [0.25, 0.3) is 0 Å². The number of aryl methyl sites for hydroxylation is 2. The van der Waals surface area contributed by atoms with Crippen molar-refractivity contribution in [2.45, 2.75) is 33.6 Å². The molecule has 0 atom stereocenters. The third-order valence-corrected chi connectivity index (χ3v) is 3.11. The number of hydrogen-bond acceptors (Lipinski definition) is 4. The number of halogens is 1. The van der Waals surface area contributed by atoms with Gasteiger partial charge in [-0.3, -0.25) is 4.79 Å².